The fourth-order valence-corrected chi connectivity index (χ4v) is 3.79. The normalized spacial score (nSPS) is 18.2. The monoisotopic (exact) mass is 282 g/mol. The second kappa shape index (κ2) is 4.99. The molecule has 4 nitrogen and oxygen atoms in total. The van der Waals surface area contributed by atoms with Crippen LogP contribution in [0.5, 0.6) is 0 Å². The van der Waals surface area contributed by atoms with E-state index in [4.69, 9.17) is 11.6 Å². The van der Waals surface area contributed by atoms with Crippen LogP contribution in [-0.4, -0.2) is 14.8 Å². The van der Waals surface area contributed by atoms with Crippen molar-refractivity contribution in [3.63, 3.8) is 0 Å². The van der Waals surface area contributed by atoms with Crippen molar-refractivity contribution in [3.8, 4) is 0 Å². The lowest BCUT2D eigenvalue weighted by atomic mass is 10.2. The Balaban J connectivity index is 1.68. The molecule has 0 radical (unpaired) electrons. The first-order valence-corrected chi connectivity index (χ1v) is 7.35. The Labute approximate surface area is 115 Å². The van der Waals surface area contributed by atoms with Gasteiger partial charge in [0, 0.05) is 17.5 Å². The second-order valence-electron chi connectivity index (χ2n) is 4.43. The van der Waals surface area contributed by atoms with Crippen LogP contribution in [-0.2, 0) is 19.5 Å². The maximum Gasteiger partial charge on any atom is 0.146 e. The van der Waals surface area contributed by atoms with Gasteiger partial charge in [-0.1, -0.05) is 11.6 Å². The van der Waals surface area contributed by atoms with Gasteiger partial charge in [-0.15, -0.1) is 21.5 Å². The fourth-order valence-electron chi connectivity index (χ4n) is 2.44. The Morgan fingerprint density at radius 3 is 3.33 bits per heavy atom. The van der Waals surface area contributed by atoms with Gasteiger partial charge in [0.25, 0.3) is 0 Å². The number of fused-ring (bicyclic) bond motifs is 1. The zero-order valence-corrected chi connectivity index (χ0v) is 11.8. The third-order valence-corrected chi connectivity index (χ3v) is 4.73. The Hall–Kier alpha value is -0.910. The summed E-state index contributed by atoms with van der Waals surface area (Å²) in [7, 11) is 0. The average molecular weight is 283 g/mol. The molecule has 1 atom stereocenters. The van der Waals surface area contributed by atoms with Gasteiger partial charge in [-0.05, 0) is 31.4 Å². The van der Waals surface area contributed by atoms with E-state index in [0.717, 1.165) is 36.1 Å². The molecule has 1 aliphatic rings. The summed E-state index contributed by atoms with van der Waals surface area (Å²) in [5, 5.41) is 11.6. The van der Waals surface area contributed by atoms with Gasteiger partial charge in [-0.3, -0.25) is 0 Å². The Morgan fingerprint density at radius 2 is 2.50 bits per heavy atom. The number of hydrogen-bond donors (Lipinski definition) is 1. The molecule has 0 aliphatic heterocycles. The van der Waals surface area contributed by atoms with Crippen LogP contribution in [0.4, 0.5) is 0 Å². The SMILES string of the molecule is CCn1cnnc1CNC1CCc2sc(Cl)cc21. The van der Waals surface area contributed by atoms with Crippen molar-refractivity contribution in [1.82, 2.24) is 20.1 Å². The molecule has 1 N–H and O–H groups in total. The predicted octanol–water partition coefficient (Wildman–Crippen LogP) is 2.79. The summed E-state index contributed by atoms with van der Waals surface area (Å²) in [6.45, 7) is 3.76. The highest BCUT2D eigenvalue weighted by Crippen LogP contribution is 2.39. The first-order valence-electron chi connectivity index (χ1n) is 6.16. The van der Waals surface area contributed by atoms with Crippen LogP contribution in [0.2, 0.25) is 4.34 Å². The number of rotatable bonds is 4. The van der Waals surface area contributed by atoms with Crippen LogP contribution in [0.15, 0.2) is 12.4 Å². The number of nitrogens with zero attached hydrogens (tertiary/aromatic N) is 3. The molecular formula is C12H15ClN4S. The summed E-state index contributed by atoms with van der Waals surface area (Å²) in [5.74, 6) is 0.993. The highest BCUT2D eigenvalue weighted by atomic mass is 35.5. The molecule has 0 spiro atoms. The number of halogens is 1. The smallest absolute Gasteiger partial charge is 0.146 e. The van der Waals surface area contributed by atoms with Crippen molar-refractivity contribution in [2.45, 2.75) is 38.9 Å². The topological polar surface area (TPSA) is 42.7 Å². The van der Waals surface area contributed by atoms with Crippen molar-refractivity contribution in [3.05, 3.63) is 33.0 Å². The van der Waals surface area contributed by atoms with Crippen molar-refractivity contribution in [2.75, 3.05) is 0 Å². The van der Waals surface area contributed by atoms with Gasteiger partial charge in [0.05, 0.1) is 10.9 Å². The molecule has 0 aromatic carbocycles. The molecule has 2 heterocycles. The van der Waals surface area contributed by atoms with E-state index in [1.54, 1.807) is 17.7 Å². The zero-order valence-electron chi connectivity index (χ0n) is 10.2. The molecule has 2 aromatic heterocycles. The lowest BCUT2D eigenvalue weighted by Gasteiger charge is -2.12. The van der Waals surface area contributed by atoms with Crippen LogP contribution in [0.3, 0.4) is 0 Å². The van der Waals surface area contributed by atoms with Gasteiger partial charge < -0.3 is 9.88 Å². The summed E-state index contributed by atoms with van der Waals surface area (Å²) in [6, 6.07) is 2.50. The molecule has 0 fully saturated rings. The van der Waals surface area contributed by atoms with E-state index in [2.05, 4.69) is 33.1 Å². The quantitative estimate of drug-likeness (QED) is 0.938. The van der Waals surface area contributed by atoms with Crippen LogP contribution in [0.25, 0.3) is 0 Å². The van der Waals surface area contributed by atoms with Gasteiger partial charge in [-0.25, -0.2) is 0 Å². The van der Waals surface area contributed by atoms with E-state index in [9.17, 15) is 0 Å². The molecule has 18 heavy (non-hydrogen) atoms. The number of thiophene rings is 1. The van der Waals surface area contributed by atoms with E-state index < -0.39 is 0 Å². The van der Waals surface area contributed by atoms with Crippen LogP contribution >= 0.6 is 22.9 Å². The Morgan fingerprint density at radius 1 is 1.61 bits per heavy atom. The molecular weight excluding hydrogens is 268 g/mol. The summed E-state index contributed by atoms with van der Waals surface area (Å²) >= 11 is 7.76. The first-order chi connectivity index (χ1) is 8.78. The highest BCUT2D eigenvalue weighted by molar-refractivity contribution is 7.16. The molecule has 6 heteroatoms. The molecule has 1 unspecified atom stereocenters. The average Bonchev–Trinajstić information content (AvgIpc) is 3.01. The molecule has 3 rings (SSSR count). The van der Waals surface area contributed by atoms with E-state index in [1.807, 2.05) is 0 Å². The summed E-state index contributed by atoms with van der Waals surface area (Å²) in [6.07, 6.45) is 4.06. The summed E-state index contributed by atoms with van der Waals surface area (Å²) in [5.41, 5.74) is 1.37. The lowest BCUT2D eigenvalue weighted by molar-refractivity contribution is 0.506. The van der Waals surface area contributed by atoms with Crippen molar-refractivity contribution in [1.29, 1.82) is 0 Å². The molecule has 1 aliphatic carbocycles. The molecule has 2 aromatic rings. The third kappa shape index (κ3) is 2.18. The molecule has 96 valence electrons. The molecule has 0 saturated carbocycles. The van der Waals surface area contributed by atoms with Gasteiger partial charge in [-0.2, -0.15) is 0 Å². The van der Waals surface area contributed by atoms with Crippen molar-refractivity contribution in [2.24, 2.45) is 0 Å². The minimum atomic E-state index is 0.408. The molecule has 0 bridgehead atoms. The van der Waals surface area contributed by atoms with E-state index >= 15 is 0 Å². The van der Waals surface area contributed by atoms with E-state index in [-0.39, 0.29) is 0 Å². The minimum absolute atomic E-state index is 0.408. The molecule has 0 amide bonds. The largest absolute Gasteiger partial charge is 0.317 e. The third-order valence-electron chi connectivity index (χ3n) is 3.39. The van der Waals surface area contributed by atoms with Gasteiger partial charge in [0.1, 0.15) is 12.2 Å². The highest BCUT2D eigenvalue weighted by Gasteiger charge is 2.24. The van der Waals surface area contributed by atoms with Crippen molar-refractivity contribution < 1.29 is 0 Å². The minimum Gasteiger partial charge on any atom is -0.317 e. The first kappa shape index (κ1) is 12.1. The number of aromatic nitrogens is 3. The molecule has 0 saturated heterocycles. The Bertz CT molecular complexity index is 548. The van der Waals surface area contributed by atoms with Gasteiger partial charge in [0.2, 0.25) is 0 Å². The second-order valence-corrected chi connectivity index (χ2v) is 6.20. The lowest BCUT2D eigenvalue weighted by Crippen LogP contribution is -2.20. The van der Waals surface area contributed by atoms with Crippen LogP contribution in [0, 0.1) is 0 Å². The van der Waals surface area contributed by atoms with E-state index in [0.29, 0.717) is 6.04 Å². The van der Waals surface area contributed by atoms with Crippen molar-refractivity contribution >= 4 is 22.9 Å². The number of hydrogen-bond acceptors (Lipinski definition) is 4. The number of nitrogens with one attached hydrogen (secondary N) is 1. The Kier molecular flexibility index (Phi) is 3.37. The van der Waals surface area contributed by atoms with Crippen LogP contribution in [0.1, 0.15) is 35.7 Å². The standard InChI is InChI=1S/C12H15ClN4S/c1-2-17-7-15-16-12(17)6-14-9-3-4-10-8(9)5-11(13)18-10/h5,7,9,14H,2-4,6H2,1H3. The zero-order chi connectivity index (χ0) is 12.5. The number of aryl methyl sites for hydroxylation is 2. The maximum absolute atomic E-state index is 6.06. The summed E-state index contributed by atoms with van der Waals surface area (Å²) in [4.78, 5) is 1.43. The van der Waals surface area contributed by atoms with Crippen LogP contribution < -0.4 is 5.32 Å². The fraction of sp³-hybridized carbons (Fsp3) is 0.500. The van der Waals surface area contributed by atoms with Gasteiger partial charge in [0.15, 0.2) is 0 Å². The predicted molar refractivity (Wildman–Crippen MR) is 72.9 cm³/mol. The summed E-state index contributed by atoms with van der Waals surface area (Å²) < 4.78 is 2.95. The van der Waals surface area contributed by atoms with E-state index in [1.165, 1.54) is 10.4 Å². The maximum atomic E-state index is 6.06. The van der Waals surface area contributed by atoms with Gasteiger partial charge >= 0.3 is 0 Å².